The first-order chi connectivity index (χ1) is 12.1. The average molecular weight is 367 g/mol. The molecule has 6 nitrogen and oxygen atoms in total. The first-order valence-electron chi connectivity index (χ1n) is 9.45. The third-order valence-corrected chi connectivity index (χ3v) is 6.30. The zero-order valence-electron chi connectivity index (χ0n) is 15.2. The number of rotatable bonds is 8. The van der Waals surface area contributed by atoms with Gasteiger partial charge in [0.1, 0.15) is 5.76 Å². The summed E-state index contributed by atoms with van der Waals surface area (Å²) < 4.78 is 7.79. The standard InChI is InChI=1S/C18H30N4O2S/c1-12(2)16-10-14(6-8-22(16)25-9-3-7-19)20-18(23)15-11-17(24-21-15)13-4-5-13/h11-14,16H,3-10,19H2,1-2H3,(H,20,23). The van der Waals surface area contributed by atoms with Gasteiger partial charge in [-0.3, -0.25) is 4.79 Å². The minimum atomic E-state index is -0.104. The maximum atomic E-state index is 12.5. The van der Waals surface area contributed by atoms with Crippen molar-refractivity contribution >= 4 is 17.9 Å². The van der Waals surface area contributed by atoms with Gasteiger partial charge in [0.2, 0.25) is 0 Å². The van der Waals surface area contributed by atoms with Crippen LogP contribution in [0.3, 0.4) is 0 Å². The molecule has 25 heavy (non-hydrogen) atoms. The Morgan fingerprint density at radius 1 is 1.48 bits per heavy atom. The molecule has 7 heteroatoms. The molecule has 3 N–H and O–H groups in total. The predicted molar refractivity (Wildman–Crippen MR) is 100 cm³/mol. The van der Waals surface area contributed by atoms with Gasteiger partial charge in [0.15, 0.2) is 5.69 Å². The maximum Gasteiger partial charge on any atom is 0.273 e. The van der Waals surface area contributed by atoms with Crippen LogP contribution in [0, 0.1) is 5.92 Å². The molecule has 2 atom stereocenters. The van der Waals surface area contributed by atoms with Gasteiger partial charge in [-0.25, -0.2) is 4.31 Å². The molecule has 0 spiro atoms. The van der Waals surface area contributed by atoms with Crippen molar-refractivity contribution in [3.63, 3.8) is 0 Å². The molecule has 2 aliphatic rings. The number of nitrogens with zero attached hydrogens (tertiary/aromatic N) is 2. The van der Waals surface area contributed by atoms with Crippen molar-refractivity contribution in [2.45, 2.75) is 64.0 Å². The lowest BCUT2D eigenvalue weighted by molar-refractivity contribution is 0.0894. The molecule has 3 rings (SSSR count). The first kappa shape index (κ1) is 18.7. The third-order valence-electron chi connectivity index (χ3n) is 5.04. The Morgan fingerprint density at radius 2 is 2.28 bits per heavy atom. The molecular formula is C18H30N4O2S. The fraction of sp³-hybridized carbons (Fsp3) is 0.778. The van der Waals surface area contributed by atoms with Crippen molar-refractivity contribution in [3.8, 4) is 0 Å². The van der Waals surface area contributed by atoms with Gasteiger partial charge in [-0.05, 0) is 44.6 Å². The van der Waals surface area contributed by atoms with Gasteiger partial charge in [0, 0.05) is 36.4 Å². The molecule has 1 aliphatic carbocycles. The van der Waals surface area contributed by atoms with Crippen LogP contribution in [0.15, 0.2) is 10.6 Å². The highest BCUT2D eigenvalue weighted by Crippen LogP contribution is 2.40. The van der Waals surface area contributed by atoms with Crippen LogP contribution < -0.4 is 11.1 Å². The Bertz CT molecular complexity index is 573. The van der Waals surface area contributed by atoms with Crippen molar-refractivity contribution in [3.05, 3.63) is 17.5 Å². The normalized spacial score (nSPS) is 24.6. The van der Waals surface area contributed by atoms with E-state index < -0.39 is 0 Å². The van der Waals surface area contributed by atoms with Gasteiger partial charge in [-0.15, -0.1) is 0 Å². The largest absolute Gasteiger partial charge is 0.360 e. The molecule has 2 fully saturated rings. The second-order valence-electron chi connectivity index (χ2n) is 7.51. The topological polar surface area (TPSA) is 84.4 Å². The molecule has 2 heterocycles. The van der Waals surface area contributed by atoms with Crippen molar-refractivity contribution in [2.75, 3.05) is 18.8 Å². The van der Waals surface area contributed by atoms with Crippen molar-refractivity contribution in [1.82, 2.24) is 14.8 Å². The van der Waals surface area contributed by atoms with E-state index in [9.17, 15) is 4.79 Å². The lowest BCUT2D eigenvalue weighted by Crippen LogP contribution is -2.49. The second kappa shape index (κ2) is 8.56. The number of amides is 1. The van der Waals surface area contributed by atoms with Crippen molar-refractivity contribution in [2.24, 2.45) is 11.7 Å². The summed E-state index contributed by atoms with van der Waals surface area (Å²) in [5, 5.41) is 7.11. The van der Waals surface area contributed by atoms with E-state index in [4.69, 9.17) is 10.3 Å². The van der Waals surface area contributed by atoms with Crippen molar-refractivity contribution in [1.29, 1.82) is 0 Å². The number of hydrogen-bond acceptors (Lipinski definition) is 6. The van der Waals surface area contributed by atoms with Gasteiger partial charge < -0.3 is 15.6 Å². The summed E-state index contributed by atoms with van der Waals surface area (Å²) in [6.07, 6.45) is 5.28. The van der Waals surface area contributed by atoms with E-state index in [-0.39, 0.29) is 11.9 Å². The summed E-state index contributed by atoms with van der Waals surface area (Å²) in [7, 11) is 0. The molecule has 1 saturated carbocycles. The molecule has 1 aromatic heterocycles. The number of nitrogens with one attached hydrogen (secondary N) is 1. The van der Waals surface area contributed by atoms with Gasteiger partial charge in [0.05, 0.1) is 0 Å². The van der Waals surface area contributed by atoms with Gasteiger partial charge in [-0.1, -0.05) is 31.0 Å². The second-order valence-corrected chi connectivity index (χ2v) is 8.65. The zero-order valence-corrected chi connectivity index (χ0v) is 16.1. The summed E-state index contributed by atoms with van der Waals surface area (Å²) in [5.41, 5.74) is 6.02. The lowest BCUT2D eigenvalue weighted by Gasteiger charge is -2.41. The quantitative estimate of drug-likeness (QED) is 0.544. The fourth-order valence-corrected chi connectivity index (χ4v) is 4.64. The highest BCUT2D eigenvalue weighted by atomic mass is 32.2. The van der Waals surface area contributed by atoms with Crippen molar-refractivity contribution < 1.29 is 9.32 Å². The zero-order chi connectivity index (χ0) is 17.8. The van der Waals surface area contributed by atoms with Crippen LogP contribution in [0.4, 0.5) is 0 Å². The van der Waals surface area contributed by atoms with E-state index in [0.717, 1.165) is 56.7 Å². The Kier molecular flexibility index (Phi) is 6.41. The maximum absolute atomic E-state index is 12.5. The minimum absolute atomic E-state index is 0.104. The Balaban J connectivity index is 1.53. The molecule has 2 unspecified atom stereocenters. The highest BCUT2D eigenvalue weighted by Gasteiger charge is 2.33. The third kappa shape index (κ3) is 4.99. The molecule has 1 amide bonds. The van der Waals surface area contributed by atoms with Gasteiger partial charge in [-0.2, -0.15) is 0 Å². The lowest BCUT2D eigenvalue weighted by atomic mass is 9.91. The van der Waals surface area contributed by atoms with E-state index in [0.29, 0.717) is 23.6 Å². The number of carbonyl (C=O) groups excluding carboxylic acids is 1. The minimum Gasteiger partial charge on any atom is -0.360 e. The SMILES string of the molecule is CC(C)C1CC(NC(=O)c2cc(C3CC3)on2)CCN1SCCCN. The van der Waals surface area contributed by atoms with Crippen LogP contribution in [0.25, 0.3) is 0 Å². The summed E-state index contributed by atoms with van der Waals surface area (Å²) >= 11 is 1.90. The van der Waals surface area contributed by atoms with Gasteiger partial charge >= 0.3 is 0 Å². The molecule has 1 aliphatic heterocycles. The smallest absolute Gasteiger partial charge is 0.273 e. The first-order valence-corrected chi connectivity index (χ1v) is 10.4. The average Bonchev–Trinajstić information content (AvgIpc) is 3.32. The Labute approximate surface area is 154 Å². The summed E-state index contributed by atoms with van der Waals surface area (Å²) in [6.45, 7) is 6.25. The van der Waals surface area contributed by atoms with Crippen LogP contribution in [0.1, 0.15) is 68.1 Å². The van der Waals surface area contributed by atoms with Crippen LogP contribution in [0.2, 0.25) is 0 Å². The molecule has 0 radical (unpaired) electrons. The van der Waals surface area contributed by atoms with Crippen LogP contribution in [-0.2, 0) is 0 Å². The fourth-order valence-electron chi connectivity index (χ4n) is 3.35. The highest BCUT2D eigenvalue weighted by molar-refractivity contribution is 7.97. The summed E-state index contributed by atoms with van der Waals surface area (Å²) in [5.74, 6) is 2.86. The van der Waals surface area contributed by atoms with E-state index in [1.165, 1.54) is 0 Å². The molecule has 1 saturated heterocycles. The number of aromatic nitrogens is 1. The number of piperidine rings is 1. The van der Waals surface area contributed by atoms with E-state index in [1.807, 2.05) is 18.0 Å². The monoisotopic (exact) mass is 366 g/mol. The predicted octanol–water partition coefficient (Wildman–Crippen LogP) is 2.77. The molecule has 0 bridgehead atoms. The molecule has 1 aromatic rings. The molecule has 140 valence electrons. The van der Waals surface area contributed by atoms with E-state index in [2.05, 4.69) is 28.6 Å². The van der Waals surface area contributed by atoms with Crippen LogP contribution in [0.5, 0.6) is 0 Å². The van der Waals surface area contributed by atoms with Gasteiger partial charge in [0.25, 0.3) is 5.91 Å². The van der Waals surface area contributed by atoms with Crippen LogP contribution in [-0.4, -0.2) is 46.3 Å². The number of hydrogen-bond donors (Lipinski definition) is 2. The molecule has 0 aromatic carbocycles. The Morgan fingerprint density at radius 3 is 2.96 bits per heavy atom. The van der Waals surface area contributed by atoms with E-state index in [1.54, 1.807) is 0 Å². The van der Waals surface area contributed by atoms with Crippen LogP contribution >= 0.6 is 11.9 Å². The number of nitrogens with two attached hydrogens (primary N) is 1. The Hall–Kier alpha value is -1.05. The van der Waals surface area contributed by atoms with E-state index >= 15 is 0 Å². The number of carbonyl (C=O) groups is 1. The summed E-state index contributed by atoms with van der Waals surface area (Å²) in [4.78, 5) is 12.5. The summed E-state index contributed by atoms with van der Waals surface area (Å²) in [6, 6.07) is 2.48. The molecular weight excluding hydrogens is 336 g/mol.